The minimum Gasteiger partial charge on any atom is -0.330 e. The van der Waals surface area contributed by atoms with Crippen LogP contribution in [0.3, 0.4) is 0 Å². The molecule has 114 heavy (non-hydrogen) atoms. The molecule has 1 aliphatic carbocycles. The fraction of sp³-hybridized carbons (Fsp3) is 0.641. The lowest BCUT2D eigenvalue weighted by molar-refractivity contribution is -0.202. The van der Waals surface area contributed by atoms with Crippen LogP contribution in [-0.4, -0.2) is 190 Å². The van der Waals surface area contributed by atoms with Crippen LogP contribution >= 0.6 is 0 Å². The maximum absolute atomic E-state index is 12.4. The van der Waals surface area contributed by atoms with Gasteiger partial charge in [-0.05, 0) is 91.9 Å². The number of nitrogens with zero attached hydrogens (tertiary/aromatic N) is 8. The van der Waals surface area contributed by atoms with Crippen LogP contribution in [0.4, 0.5) is 5.69 Å². The molecule has 0 bridgehead atoms. The summed E-state index contributed by atoms with van der Waals surface area (Å²) in [5, 5.41) is 5.23. The van der Waals surface area contributed by atoms with Crippen molar-refractivity contribution in [2.45, 2.75) is 220 Å². The molecule has 1 N–H and O–H groups in total. The molecule has 9 aliphatic rings. The van der Waals surface area contributed by atoms with Crippen molar-refractivity contribution in [3.05, 3.63) is 29.8 Å². The van der Waals surface area contributed by atoms with Crippen LogP contribution in [0.25, 0.3) is 0 Å². The molecule has 8 saturated heterocycles. The van der Waals surface area contributed by atoms with Gasteiger partial charge < -0.3 is 29.5 Å². The molecular weight excluding hydrogens is 1490 g/mol. The van der Waals surface area contributed by atoms with E-state index in [2.05, 4.69) is 10.2 Å². The van der Waals surface area contributed by atoms with E-state index in [1.54, 1.807) is 39.8 Å². The molecule has 0 radical (unpaired) electrons. The van der Waals surface area contributed by atoms with Crippen molar-refractivity contribution in [3.8, 4) is 0 Å². The summed E-state index contributed by atoms with van der Waals surface area (Å²) in [6, 6.07) is 6.04. The lowest BCUT2D eigenvalue weighted by Gasteiger charge is -2.30. The number of amides is 17. The van der Waals surface area contributed by atoms with Crippen LogP contribution in [0.15, 0.2) is 24.3 Å². The molecular formula is C78H107N9O27. The van der Waals surface area contributed by atoms with Gasteiger partial charge in [-0.15, -0.1) is 25.3 Å². The molecule has 626 valence electrons. The number of hydroxylamine groups is 10. The number of anilines is 1. The lowest BCUT2D eigenvalue weighted by atomic mass is 9.82. The summed E-state index contributed by atoms with van der Waals surface area (Å²) in [5.74, 6) is -12.8. The Bertz CT molecular complexity index is 3960. The largest absolute Gasteiger partial charge is 0.363 e. The minimum atomic E-state index is -1.24. The Balaban J connectivity index is 0.000000259. The monoisotopic (exact) mass is 1600 g/mol. The highest BCUT2D eigenvalue weighted by Crippen LogP contribution is 2.35. The number of hydrogen-bond donors (Lipinski definition) is 1. The molecule has 1 saturated carbocycles. The number of nitrogens with one attached hydrogen (secondary N) is 1. The number of rotatable bonds is 24. The number of carbonyl (C=O) groups excluding carboxylic acids is 22. The molecule has 1 aromatic carbocycles. The highest BCUT2D eigenvalue weighted by Gasteiger charge is 2.47. The fourth-order valence-corrected chi connectivity index (χ4v) is 13.1. The Labute approximate surface area is 662 Å². The van der Waals surface area contributed by atoms with Crippen molar-refractivity contribution in [2.24, 2.45) is 82.9 Å². The predicted octanol–water partition coefficient (Wildman–Crippen LogP) is 6.00. The van der Waals surface area contributed by atoms with Crippen LogP contribution in [0, 0.1) is 82.9 Å². The maximum Gasteiger partial charge on any atom is 0.363 e. The van der Waals surface area contributed by atoms with Gasteiger partial charge >= 0.3 is 29.8 Å². The van der Waals surface area contributed by atoms with E-state index in [4.69, 9.17) is 20.7 Å². The highest BCUT2D eigenvalue weighted by atomic mass is 16.7. The van der Waals surface area contributed by atoms with Crippen LogP contribution < -0.4 is 5.32 Å². The molecule has 8 atom stereocenters. The second kappa shape index (κ2) is 41.8. The van der Waals surface area contributed by atoms with Crippen molar-refractivity contribution in [1.82, 2.24) is 40.0 Å². The Hall–Kier alpha value is -10.8. The summed E-state index contributed by atoms with van der Waals surface area (Å²) >= 11 is 0. The minimum absolute atomic E-state index is 0. The number of benzene rings is 1. The quantitative estimate of drug-likeness (QED) is 0.116. The summed E-state index contributed by atoms with van der Waals surface area (Å²) in [6.45, 7) is 25.8. The molecule has 8 unspecified atom stereocenters. The molecule has 8 aliphatic heterocycles. The van der Waals surface area contributed by atoms with E-state index in [9.17, 15) is 105 Å². The van der Waals surface area contributed by atoms with Gasteiger partial charge in [-0.3, -0.25) is 96.2 Å². The highest BCUT2D eigenvalue weighted by molar-refractivity contribution is 6.08. The number of hydrogen-bond acceptors (Lipinski definition) is 27. The molecule has 36 nitrogen and oxygen atoms in total. The van der Waals surface area contributed by atoms with Crippen molar-refractivity contribution >= 4 is 136 Å². The van der Waals surface area contributed by atoms with Gasteiger partial charge in [0.1, 0.15) is 0 Å². The number of imide groups is 8. The fourth-order valence-electron chi connectivity index (χ4n) is 13.1. The average molecular weight is 1600 g/mol. The first-order valence-electron chi connectivity index (χ1n) is 38.6. The summed E-state index contributed by atoms with van der Waals surface area (Å²) in [7, 11) is 0. The topological polar surface area (TPSA) is 460 Å². The molecule has 8 heterocycles. The van der Waals surface area contributed by atoms with E-state index < -0.39 is 113 Å². The summed E-state index contributed by atoms with van der Waals surface area (Å²) in [4.78, 5) is 287. The Morgan fingerprint density at radius 2 is 0.789 bits per heavy atom. The Morgan fingerprint density at radius 1 is 0.412 bits per heavy atom. The van der Waals surface area contributed by atoms with E-state index in [0.29, 0.717) is 69.7 Å². The van der Waals surface area contributed by atoms with Crippen molar-refractivity contribution in [1.29, 1.82) is 0 Å². The maximum atomic E-state index is 12.4. The molecule has 17 amide bonds. The molecule has 1 aromatic rings. The average Bonchev–Trinajstić information content (AvgIpc) is 1.61. The van der Waals surface area contributed by atoms with Crippen LogP contribution in [0.1, 0.15) is 232 Å². The van der Waals surface area contributed by atoms with E-state index in [0.717, 1.165) is 9.80 Å². The van der Waals surface area contributed by atoms with Gasteiger partial charge in [0, 0.05) is 139 Å². The first kappa shape index (κ1) is 92.0. The molecule has 0 spiro atoms. The zero-order valence-corrected chi connectivity index (χ0v) is 66.2. The molecule has 9 fully saturated rings. The molecule has 0 aromatic heterocycles. The van der Waals surface area contributed by atoms with Gasteiger partial charge in [0.15, 0.2) is 0 Å². The van der Waals surface area contributed by atoms with Gasteiger partial charge in [0.25, 0.3) is 59.1 Å². The normalized spacial score (nSPS) is 24.4. The summed E-state index contributed by atoms with van der Waals surface area (Å²) in [6.07, 6.45) is 2.17. The number of carbonyl (C=O) groups is 22. The molecule has 10 rings (SSSR count). The third-order valence-electron chi connectivity index (χ3n) is 19.9. The zero-order valence-electron chi connectivity index (χ0n) is 67.2. The number of likely N-dealkylation sites (tertiary alicyclic amines) is 3. The SMILES string of the molecule is C.CC(C)CC(=O)Nc1ccc(C(=O)ON2C(=O)CC(C)C2=O)cc1.CC(C)CC(=O)ON1C(=O)CC(C)C1=O.CC1CC(=O)N(OC(=O)C2CCC(CN3C(=O)CC(C(C)C)C3=O)CC2)C1=O.CC1CC(=O)N(OC(=O)CCN2C(=O)CC(C(C)C)C2=O)C1=O.[2H]C1CC(=O)N(OC(=O)CCCN2C(=O)CC(C(C)C)C2=O)C1=O. The van der Waals surface area contributed by atoms with Crippen molar-refractivity contribution in [3.63, 3.8) is 0 Å². The summed E-state index contributed by atoms with van der Waals surface area (Å²) < 4.78 is 7.31. The lowest BCUT2D eigenvalue weighted by Crippen LogP contribution is -2.39. The summed E-state index contributed by atoms with van der Waals surface area (Å²) in [5.41, 5.74) is 0.733. The van der Waals surface area contributed by atoms with Gasteiger partial charge in [0.2, 0.25) is 41.4 Å². The van der Waals surface area contributed by atoms with E-state index in [1.807, 2.05) is 69.2 Å². The van der Waals surface area contributed by atoms with E-state index >= 15 is 0 Å². The second-order valence-electron chi connectivity index (χ2n) is 31.3. The third-order valence-corrected chi connectivity index (χ3v) is 19.9. The third kappa shape index (κ3) is 25.1. The smallest absolute Gasteiger partial charge is 0.330 e. The second-order valence-corrected chi connectivity index (χ2v) is 31.3. The van der Waals surface area contributed by atoms with E-state index in [1.165, 1.54) is 17.0 Å². The van der Waals surface area contributed by atoms with Crippen LogP contribution in [0.2, 0.25) is 0 Å². The Morgan fingerprint density at radius 3 is 1.18 bits per heavy atom. The van der Waals surface area contributed by atoms with Gasteiger partial charge in [0.05, 0.1) is 24.3 Å². The molecule has 36 heteroatoms. The first-order chi connectivity index (χ1) is 53.3. The van der Waals surface area contributed by atoms with Crippen LogP contribution in [0.5, 0.6) is 0 Å². The zero-order chi connectivity index (χ0) is 85.3. The van der Waals surface area contributed by atoms with Gasteiger partial charge in [-0.1, -0.05) is 104 Å². The first-order valence-corrected chi connectivity index (χ1v) is 38.1. The van der Waals surface area contributed by atoms with Gasteiger partial charge in [-0.25, -0.2) is 24.0 Å². The van der Waals surface area contributed by atoms with Crippen LogP contribution in [-0.2, 0) is 125 Å². The van der Waals surface area contributed by atoms with E-state index in [-0.39, 0.29) is 210 Å². The Kier molecular flexibility index (Phi) is 33.7. The predicted molar refractivity (Wildman–Crippen MR) is 392 cm³/mol. The van der Waals surface area contributed by atoms with Crippen molar-refractivity contribution in [2.75, 3.05) is 25.0 Å². The van der Waals surface area contributed by atoms with Gasteiger partial charge in [-0.2, -0.15) is 0 Å². The van der Waals surface area contributed by atoms with Crippen molar-refractivity contribution < 1.29 is 131 Å². The standard InChI is InChI=1S/C20H28N2O6.C17H20N2O5.2C15H20N2O6.C10H15NO4.CH4/c1-11(2)15-9-16(23)21(19(15)26)10-13-4-6-14(7-5-13)20(27)28-22-17(24)8-12(3)18(22)25;1-10(2)8-14(20)18-13-6-4-12(5-7-13)17(23)24-19-15(21)9-11(3)16(19)22;1-8(2)10-7-11(18)16(15(10)22)5-4-13(20)23-17-12(19)6-9(3)14(17)21;1-9(2)10-8-13(20)16(15(10)22)7-3-4-14(21)23-17-11(18)5-6-12(17)19;1-6(2)4-9(13)15-11-8(12)5-7(3)10(11)14;/h11-15H,4-10H2,1-3H3;4-7,10-11H,8-9H2,1-3H3,(H,18,20);8-10H,4-7H2,1-3H3;9-10H,3-8H2,1-2H3;6-7H,4-5H2,1-3H3;1H4/i;;;5D;;.